The molecular weight excluding hydrogens is 376 g/mol. The topological polar surface area (TPSA) is 84.2 Å². The van der Waals surface area contributed by atoms with E-state index in [-0.39, 0.29) is 0 Å². The summed E-state index contributed by atoms with van der Waals surface area (Å²) in [6.07, 6.45) is 5.16. The van der Waals surface area contributed by atoms with Crippen molar-refractivity contribution in [2.45, 2.75) is 18.7 Å². The van der Waals surface area contributed by atoms with Gasteiger partial charge in [0.25, 0.3) is 0 Å². The van der Waals surface area contributed by atoms with Crippen LogP contribution in [-0.2, 0) is 10.0 Å². The van der Waals surface area contributed by atoms with E-state index in [9.17, 15) is 8.42 Å². The van der Waals surface area contributed by atoms with Gasteiger partial charge in [0.15, 0.2) is 11.6 Å². The zero-order valence-corrected chi connectivity index (χ0v) is 16.7. The van der Waals surface area contributed by atoms with Crippen LogP contribution in [-0.4, -0.2) is 58.7 Å². The van der Waals surface area contributed by atoms with Crippen LogP contribution >= 0.6 is 0 Å². The van der Waals surface area contributed by atoms with E-state index >= 15 is 0 Å². The van der Waals surface area contributed by atoms with Crippen LogP contribution in [0.15, 0.2) is 53.9 Å². The van der Waals surface area contributed by atoms with Crippen molar-refractivity contribution in [3.63, 3.8) is 0 Å². The van der Waals surface area contributed by atoms with Crippen LogP contribution in [0.3, 0.4) is 0 Å². The third-order valence-corrected chi connectivity index (χ3v) is 6.98. The summed E-state index contributed by atoms with van der Waals surface area (Å²) in [6, 6.07) is 9.07. The molecule has 0 unspecified atom stereocenters. The van der Waals surface area contributed by atoms with Crippen molar-refractivity contribution in [3.8, 4) is 5.82 Å². The molecule has 0 aliphatic carbocycles. The number of sulfonamides is 1. The van der Waals surface area contributed by atoms with Crippen LogP contribution in [0.1, 0.15) is 11.1 Å². The minimum Gasteiger partial charge on any atom is -0.352 e. The summed E-state index contributed by atoms with van der Waals surface area (Å²) in [6.45, 7) is 5.88. The molecule has 0 bridgehead atoms. The van der Waals surface area contributed by atoms with E-state index in [1.807, 2.05) is 32.0 Å². The summed E-state index contributed by atoms with van der Waals surface area (Å²) in [4.78, 5) is 6.41. The smallest absolute Gasteiger partial charge is 0.243 e. The van der Waals surface area contributed by atoms with Crippen LogP contribution in [0.5, 0.6) is 0 Å². The lowest BCUT2D eigenvalue weighted by Crippen LogP contribution is -2.49. The molecule has 0 spiro atoms. The predicted molar refractivity (Wildman–Crippen MR) is 106 cm³/mol. The average Bonchev–Trinajstić information content (AvgIpc) is 3.25. The predicted octanol–water partition coefficient (Wildman–Crippen LogP) is 1.79. The Morgan fingerprint density at radius 1 is 0.893 bits per heavy atom. The van der Waals surface area contributed by atoms with E-state index in [2.05, 4.69) is 20.1 Å². The molecule has 28 heavy (non-hydrogen) atoms. The highest BCUT2D eigenvalue weighted by atomic mass is 32.2. The molecule has 0 N–H and O–H groups in total. The average molecular weight is 398 g/mol. The first-order valence-electron chi connectivity index (χ1n) is 9.09. The third-order valence-electron chi connectivity index (χ3n) is 5.08. The Labute approximate surface area is 164 Å². The molecule has 3 aromatic rings. The fourth-order valence-corrected chi connectivity index (χ4v) is 4.71. The number of aromatic nitrogens is 4. The molecule has 9 heteroatoms. The van der Waals surface area contributed by atoms with Gasteiger partial charge in [-0.15, -0.1) is 10.2 Å². The number of hydrogen-bond acceptors (Lipinski definition) is 6. The van der Waals surface area contributed by atoms with E-state index in [4.69, 9.17) is 0 Å². The van der Waals surface area contributed by atoms with Crippen LogP contribution in [0, 0.1) is 13.8 Å². The van der Waals surface area contributed by atoms with Gasteiger partial charge in [-0.05, 0) is 49.2 Å². The number of piperazine rings is 1. The lowest BCUT2D eigenvalue weighted by molar-refractivity contribution is 0.383. The van der Waals surface area contributed by atoms with E-state index in [1.165, 1.54) is 0 Å². The number of anilines is 1. The van der Waals surface area contributed by atoms with Crippen molar-refractivity contribution in [1.82, 2.24) is 24.1 Å². The van der Waals surface area contributed by atoms with Gasteiger partial charge in [0.2, 0.25) is 10.0 Å². The van der Waals surface area contributed by atoms with Gasteiger partial charge in [0.1, 0.15) is 6.33 Å². The Morgan fingerprint density at radius 3 is 2.21 bits per heavy atom. The molecule has 0 amide bonds. The molecule has 1 aliphatic rings. The molecule has 0 radical (unpaired) electrons. The molecular formula is C19H22N6O2S. The van der Waals surface area contributed by atoms with Gasteiger partial charge in [-0.2, -0.15) is 4.31 Å². The van der Waals surface area contributed by atoms with Crippen molar-refractivity contribution in [2.24, 2.45) is 0 Å². The normalized spacial score (nSPS) is 15.7. The fourth-order valence-electron chi connectivity index (χ4n) is 3.20. The van der Waals surface area contributed by atoms with Crippen LogP contribution < -0.4 is 4.90 Å². The number of rotatable bonds is 4. The van der Waals surface area contributed by atoms with Gasteiger partial charge in [0, 0.05) is 38.6 Å². The summed E-state index contributed by atoms with van der Waals surface area (Å²) >= 11 is 0. The van der Waals surface area contributed by atoms with Gasteiger partial charge in [-0.25, -0.2) is 13.4 Å². The van der Waals surface area contributed by atoms with Crippen molar-refractivity contribution in [2.75, 3.05) is 31.1 Å². The first-order valence-corrected chi connectivity index (χ1v) is 10.5. The number of imidazole rings is 1. The van der Waals surface area contributed by atoms with E-state index < -0.39 is 10.0 Å². The summed E-state index contributed by atoms with van der Waals surface area (Å²) in [7, 11) is -3.48. The zero-order valence-electron chi connectivity index (χ0n) is 15.9. The lowest BCUT2D eigenvalue weighted by Gasteiger charge is -2.34. The maximum atomic E-state index is 12.9. The Morgan fingerprint density at radius 2 is 1.61 bits per heavy atom. The van der Waals surface area contributed by atoms with Crippen LogP contribution in [0.25, 0.3) is 5.82 Å². The minimum atomic E-state index is -3.48. The standard InChI is InChI=1S/C19H22N6O2S/c1-15-3-4-17(13-16(15)2)28(26,27)25-11-9-23(10-12-25)18-5-6-19(22-21-18)24-8-7-20-14-24/h3-8,13-14H,9-12H2,1-2H3. The lowest BCUT2D eigenvalue weighted by atomic mass is 10.1. The van der Waals surface area contributed by atoms with Gasteiger partial charge >= 0.3 is 0 Å². The monoisotopic (exact) mass is 398 g/mol. The first kappa shape index (κ1) is 18.6. The molecule has 4 rings (SSSR count). The van der Waals surface area contributed by atoms with Gasteiger partial charge < -0.3 is 4.90 Å². The van der Waals surface area contributed by atoms with Crippen molar-refractivity contribution >= 4 is 15.8 Å². The van der Waals surface area contributed by atoms with Crippen LogP contribution in [0.2, 0.25) is 0 Å². The van der Waals surface area contributed by atoms with E-state index in [0.29, 0.717) is 36.9 Å². The second-order valence-corrected chi connectivity index (χ2v) is 8.79. The third kappa shape index (κ3) is 3.50. The molecule has 2 aromatic heterocycles. The van der Waals surface area contributed by atoms with Gasteiger partial charge in [-0.3, -0.25) is 4.57 Å². The molecule has 1 fully saturated rings. The molecule has 1 aliphatic heterocycles. The SMILES string of the molecule is Cc1ccc(S(=O)(=O)N2CCN(c3ccc(-n4ccnc4)nn3)CC2)cc1C. The largest absolute Gasteiger partial charge is 0.352 e. The maximum absolute atomic E-state index is 12.9. The van der Waals surface area contributed by atoms with Crippen molar-refractivity contribution < 1.29 is 8.42 Å². The number of aryl methyl sites for hydroxylation is 2. The van der Waals surface area contributed by atoms with Crippen LogP contribution in [0.4, 0.5) is 5.82 Å². The minimum absolute atomic E-state index is 0.355. The highest BCUT2D eigenvalue weighted by Gasteiger charge is 2.29. The highest BCUT2D eigenvalue weighted by molar-refractivity contribution is 7.89. The van der Waals surface area contributed by atoms with Gasteiger partial charge in [-0.1, -0.05) is 6.07 Å². The second kappa shape index (κ2) is 7.33. The van der Waals surface area contributed by atoms with E-state index in [0.717, 1.165) is 16.9 Å². The number of hydrogen-bond donors (Lipinski definition) is 0. The Bertz CT molecular complexity index is 1060. The molecule has 0 atom stereocenters. The number of benzene rings is 1. The molecule has 8 nitrogen and oxygen atoms in total. The fraction of sp³-hybridized carbons (Fsp3) is 0.316. The number of nitrogens with zero attached hydrogens (tertiary/aromatic N) is 6. The summed E-state index contributed by atoms with van der Waals surface area (Å²) in [5.41, 5.74) is 2.06. The molecule has 1 aromatic carbocycles. The summed E-state index contributed by atoms with van der Waals surface area (Å²) in [5.74, 6) is 1.43. The zero-order chi connectivity index (χ0) is 19.7. The Balaban J connectivity index is 1.44. The maximum Gasteiger partial charge on any atom is 0.243 e. The first-order chi connectivity index (χ1) is 13.4. The molecule has 146 valence electrons. The second-order valence-electron chi connectivity index (χ2n) is 6.86. The molecule has 0 saturated carbocycles. The van der Waals surface area contributed by atoms with Gasteiger partial charge in [0.05, 0.1) is 4.90 Å². The molecule has 3 heterocycles. The summed E-state index contributed by atoms with van der Waals surface area (Å²) < 4.78 is 29.2. The molecule has 1 saturated heterocycles. The Hall–Kier alpha value is -2.78. The summed E-state index contributed by atoms with van der Waals surface area (Å²) in [5, 5.41) is 8.51. The van der Waals surface area contributed by atoms with Crippen molar-refractivity contribution in [3.05, 3.63) is 60.2 Å². The Kier molecular flexibility index (Phi) is 4.86. The van der Waals surface area contributed by atoms with Crippen molar-refractivity contribution in [1.29, 1.82) is 0 Å². The highest BCUT2D eigenvalue weighted by Crippen LogP contribution is 2.22. The van der Waals surface area contributed by atoms with E-state index in [1.54, 1.807) is 39.7 Å². The quantitative estimate of drug-likeness (QED) is 0.666.